The number of nitrogens with one attached hydrogen (secondary N) is 1. The molecule has 0 bridgehead atoms. The molecule has 3 rings (SSSR count). The van der Waals surface area contributed by atoms with E-state index in [-0.39, 0.29) is 0 Å². The second-order valence-electron chi connectivity index (χ2n) is 5.97. The van der Waals surface area contributed by atoms with Gasteiger partial charge in [0.1, 0.15) is 11.6 Å². The molecule has 116 valence electrons. The number of likely N-dealkylation sites (tertiary alicyclic amines) is 1. The Balaban J connectivity index is 1.73. The van der Waals surface area contributed by atoms with Crippen molar-refractivity contribution in [3.63, 3.8) is 0 Å². The van der Waals surface area contributed by atoms with Crippen LogP contribution in [0.25, 0.3) is 0 Å². The van der Waals surface area contributed by atoms with Crippen LogP contribution in [0.5, 0.6) is 0 Å². The summed E-state index contributed by atoms with van der Waals surface area (Å²) in [6.07, 6.45) is 11.0. The fourth-order valence-corrected chi connectivity index (χ4v) is 2.85. The van der Waals surface area contributed by atoms with Gasteiger partial charge in [-0.15, -0.1) is 0 Å². The molecule has 1 aliphatic heterocycles. The van der Waals surface area contributed by atoms with Gasteiger partial charge >= 0.3 is 0 Å². The Kier molecular flexibility index (Phi) is 4.58. The first-order valence-electron chi connectivity index (χ1n) is 7.81. The van der Waals surface area contributed by atoms with E-state index in [2.05, 4.69) is 39.0 Å². The van der Waals surface area contributed by atoms with Gasteiger partial charge in [-0.1, -0.05) is 0 Å². The van der Waals surface area contributed by atoms with Gasteiger partial charge in [0.2, 0.25) is 0 Å². The Morgan fingerprint density at radius 1 is 1.14 bits per heavy atom. The molecule has 0 amide bonds. The molecule has 2 aromatic rings. The number of piperidine rings is 1. The number of nitrogens with zero attached hydrogens (tertiary/aromatic N) is 5. The Labute approximate surface area is 131 Å². The van der Waals surface area contributed by atoms with Gasteiger partial charge in [-0.3, -0.25) is 9.97 Å². The highest BCUT2D eigenvalue weighted by Crippen LogP contribution is 2.27. The van der Waals surface area contributed by atoms with E-state index in [1.54, 1.807) is 24.8 Å². The molecule has 0 radical (unpaired) electrons. The maximum Gasteiger partial charge on any atom is 0.150 e. The lowest BCUT2D eigenvalue weighted by atomic mass is 9.94. The van der Waals surface area contributed by atoms with Crippen LogP contribution in [0, 0.1) is 0 Å². The molecule has 0 unspecified atom stereocenters. The predicted octanol–water partition coefficient (Wildman–Crippen LogP) is 2.60. The van der Waals surface area contributed by atoms with E-state index in [0.717, 1.165) is 18.1 Å². The van der Waals surface area contributed by atoms with Gasteiger partial charge in [0.25, 0.3) is 0 Å². The van der Waals surface area contributed by atoms with Gasteiger partial charge in [-0.2, -0.15) is 0 Å². The van der Waals surface area contributed by atoms with Crippen molar-refractivity contribution in [2.75, 3.05) is 18.4 Å². The van der Waals surface area contributed by atoms with E-state index in [1.807, 2.05) is 6.20 Å². The summed E-state index contributed by atoms with van der Waals surface area (Å²) in [5, 5.41) is 3.16. The van der Waals surface area contributed by atoms with Gasteiger partial charge in [0.15, 0.2) is 0 Å². The van der Waals surface area contributed by atoms with Crippen LogP contribution in [0.3, 0.4) is 0 Å². The lowest BCUT2D eigenvalue weighted by Crippen LogP contribution is -2.39. The Hall–Kier alpha value is -2.08. The Morgan fingerprint density at radius 2 is 2.00 bits per heavy atom. The molecular formula is C16H22N6. The summed E-state index contributed by atoms with van der Waals surface area (Å²) >= 11 is 0. The van der Waals surface area contributed by atoms with Crippen LogP contribution in [-0.4, -0.2) is 44.0 Å². The highest BCUT2D eigenvalue weighted by molar-refractivity contribution is 5.48. The zero-order chi connectivity index (χ0) is 15.4. The van der Waals surface area contributed by atoms with Crippen molar-refractivity contribution >= 4 is 11.6 Å². The number of anilines is 2. The molecule has 0 aromatic carbocycles. The summed E-state index contributed by atoms with van der Waals surface area (Å²) in [5.41, 5.74) is 1.05. The lowest BCUT2D eigenvalue weighted by Gasteiger charge is -2.35. The largest absolute Gasteiger partial charge is 0.322 e. The highest BCUT2D eigenvalue weighted by Gasteiger charge is 2.24. The molecule has 2 aromatic heterocycles. The summed E-state index contributed by atoms with van der Waals surface area (Å²) in [5.74, 6) is 1.85. The molecule has 0 aliphatic carbocycles. The van der Waals surface area contributed by atoms with E-state index in [1.165, 1.54) is 19.4 Å². The van der Waals surface area contributed by atoms with Crippen LogP contribution in [0.4, 0.5) is 11.6 Å². The molecule has 1 atom stereocenters. The molecule has 6 nitrogen and oxygen atoms in total. The van der Waals surface area contributed by atoms with Crippen LogP contribution in [-0.2, 0) is 0 Å². The lowest BCUT2D eigenvalue weighted by molar-refractivity contribution is 0.166. The topological polar surface area (TPSA) is 66.8 Å². The standard InChI is InChI=1S/C16H22N6/c1-12(2)22-7-3-4-13(11-22)14-8-18-10-16(20-14)21-15-9-17-5-6-19-15/h5-6,8-10,12-13H,3-4,7,11H2,1-2H3,(H,19,20,21)/t13-/m1/s1. The minimum Gasteiger partial charge on any atom is -0.322 e. The normalized spacial score (nSPS) is 19.3. The van der Waals surface area contributed by atoms with Crippen molar-refractivity contribution in [2.45, 2.75) is 38.6 Å². The van der Waals surface area contributed by atoms with Crippen molar-refractivity contribution in [3.05, 3.63) is 36.7 Å². The van der Waals surface area contributed by atoms with Crippen molar-refractivity contribution in [2.24, 2.45) is 0 Å². The van der Waals surface area contributed by atoms with Crippen LogP contribution in [0.2, 0.25) is 0 Å². The third kappa shape index (κ3) is 3.57. The van der Waals surface area contributed by atoms with Crippen LogP contribution < -0.4 is 5.32 Å². The molecule has 6 heteroatoms. The second-order valence-corrected chi connectivity index (χ2v) is 5.97. The maximum absolute atomic E-state index is 4.72. The molecule has 1 N–H and O–H groups in total. The van der Waals surface area contributed by atoms with Crippen molar-refractivity contribution < 1.29 is 0 Å². The third-order valence-electron chi connectivity index (χ3n) is 4.07. The Bertz CT molecular complexity index is 601. The first-order chi connectivity index (χ1) is 10.7. The number of hydrogen-bond donors (Lipinski definition) is 1. The van der Waals surface area contributed by atoms with E-state index < -0.39 is 0 Å². The van der Waals surface area contributed by atoms with E-state index in [9.17, 15) is 0 Å². The average molecular weight is 298 g/mol. The van der Waals surface area contributed by atoms with Crippen molar-refractivity contribution in [1.29, 1.82) is 0 Å². The van der Waals surface area contributed by atoms with Gasteiger partial charge in [-0.25, -0.2) is 9.97 Å². The zero-order valence-electron chi connectivity index (χ0n) is 13.1. The van der Waals surface area contributed by atoms with Gasteiger partial charge in [-0.05, 0) is 33.2 Å². The molecule has 0 saturated carbocycles. The summed E-state index contributed by atoms with van der Waals surface area (Å²) < 4.78 is 0. The molecule has 1 fully saturated rings. The first-order valence-corrected chi connectivity index (χ1v) is 7.81. The smallest absolute Gasteiger partial charge is 0.150 e. The fourth-order valence-electron chi connectivity index (χ4n) is 2.85. The SMILES string of the molecule is CC(C)N1CCC[C@@H](c2cncc(Nc3cnccn3)n2)C1. The van der Waals surface area contributed by atoms with Crippen molar-refractivity contribution in [1.82, 2.24) is 24.8 Å². The van der Waals surface area contributed by atoms with E-state index in [4.69, 9.17) is 4.98 Å². The van der Waals surface area contributed by atoms with Gasteiger partial charge in [0, 0.05) is 37.1 Å². The molecular weight excluding hydrogens is 276 g/mol. The minimum atomic E-state index is 0.451. The van der Waals surface area contributed by atoms with E-state index in [0.29, 0.717) is 17.8 Å². The average Bonchev–Trinajstić information content (AvgIpc) is 2.56. The summed E-state index contributed by atoms with van der Waals surface area (Å²) in [6.45, 7) is 6.74. The van der Waals surface area contributed by atoms with Crippen LogP contribution in [0.1, 0.15) is 38.3 Å². The first kappa shape index (κ1) is 14.8. The quantitative estimate of drug-likeness (QED) is 0.936. The molecule has 0 spiro atoms. The number of aromatic nitrogens is 4. The Morgan fingerprint density at radius 3 is 2.77 bits per heavy atom. The zero-order valence-corrected chi connectivity index (χ0v) is 13.1. The summed E-state index contributed by atoms with van der Waals surface area (Å²) in [4.78, 5) is 19.8. The molecule has 22 heavy (non-hydrogen) atoms. The van der Waals surface area contributed by atoms with Gasteiger partial charge in [0.05, 0.1) is 18.1 Å². The molecule has 3 heterocycles. The fraction of sp³-hybridized carbons (Fsp3) is 0.500. The second kappa shape index (κ2) is 6.79. The highest BCUT2D eigenvalue weighted by atomic mass is 15.2. The van der Waals surface area contributed by atoms with Crippen molar-refractivity contribution in [3.8, 4) is 0 Å². The molecule has 1 aliphatic rings. The predicted molar refractivity (Wildman–Crippen MR) is 86.0 cm³/mol. The molecule has 1 saturated heterocycles. The summed E-state index contributed by atoms with van der Waals surface area (Å²) in [6, 6.07) is 0.580. The van der Waals surface area contributed by atoms with Crippen LogP contribution in [0.15, 0.2) is 31.0 Å². The minimum absolute atomic E-state index is 0.451. The summed E-state index contributed by atoms with van der Waals surface area (Å²) in [7, 11) is 0. The third-order valence-corrected chi connectivity index (χ3v) is 4.07. The van der Waals surface area contributed by atoms with Gasteiger partial charge < -0.3 is 10.2 Å². The monoisotopic (exact) mass is 298 g/mol. The number of hydrogen-bond acceptors (Lipinski definition) is 6. The van der Waals surface area contributed by atoms with Crippen LogP contribution >= 0.6 is 0 Å². The van der Waals surface area contributed by atoms with E-state index >= 15 is 0 Å². The number of rotatable bonds is 4. The maximum atomic E-state index is 4.72.